The average Bonchev–Trinajstić information content (AvgIpc) is 2.98. The fraction of sp³-hybridized carbons (Fsp3) is 0.250. The first-order valence-electron chi connectivity index (χ1n) is 5.53. The lowest BCUT2D eigenvalue weighted by Gasteiger charge is -2.03. The first-order chi connectivity index (χ1) is 8.74. The highest BCUT2D eigenvalue weighted by molar-refractivity contribution is 9.11. The third-order valence-electron chi connectivity index (χ3n) is 2.31. The first kappa shape index (κ1) is 13.6. The van der Waals surface area contributed by atoms with Crippen LogP contribution in [0.25, 0.3) is 0 Å². The molecule has 0 aromatic carbocycles. The number of nitrogens with one attached hydrogen (secondary N) is 1. The van der Waals surface area contributed by atoms with E-state index < -0.39 is 0 Å². The van der Waals surface area contributed by atoms with Crippen molar-refractivity contribution in [3.8, 4) is 0 Å². The number of hydrogen-bond donors (Lipinski definition) is 2. The van der Waals surface area contributed by atoms with E-state index in [-0.39, 0.29) is 0 Å². The highest BCUT2D eigenvalue weighted by Gasteiger charge is 1.97. The van der Waals surface area contributed by atoms with Crippen molar-refractivity contribution in [1.82, 2.24) is 5.32 Å². The highest BCUT2D eigenvalue weighted by Crippen LogP contribution is 2.20. The molecule has 0 fully saturated rings. The monoisotopic (exact) mass is 343 g/mol. The van der Waals surface area contributed by atoms with Crippen molar-refractivity contribution in [2.24, 2.45) is 10.7 Å². The lowest BCUT2D eigenvalue weighted by molar-refractivity contribution is 0.857. The summed E-state index contributed by atoms with van der Waals surface area (Å²) < 4.78 is 1.12. The summed E-state index contributed by atoms with van der Waals surface area (Å²) in [6.45, 7) is 1.45. The summed E-state index contributed by atoms with van der Waals surface area (Å²) in [5, 5.41) is 7.28. The summed E-state index contributed by atoms with van der Waals surface area (Å²) >= 11 is 6.85. The van der Waals surface area contributed by atoms with Crippen LogP contribution in [0.15, 0.2) is 37.7 Å². The van der Waals surface area contributed by atoms with E-state index in [0.29, 0.717) is 12.5 Å². The third-order valence-corrected chi connectivity index (χ3v) is 4.80. The van der Waals surface area contributed by atoms with Crippen molar-refractivity contribution in [1.29, 1.82) is 0 Å². The maximum Gasteiger partial charge on any atom is 0.188 e. The van der Waals surface area contributed by atoms with Gasteiger partial charge in [-0.05, 0) is 50.8 Å². The minimum absolute atomic E-state index is 0.508. The van der Waals surface area contributed by atoms with Crippen LogP contribution in [0.1, 0.15) is 10.4 Å². The van der Waals surface area contributed by atoms with E-state index in [1.165, 1.54) is 10.4 Å². The molecule has 0 atom stereocenters. The van der Waals surface area contributed by atoms with Gasteiger partial charge in [-0.15, -0.1) is 22.7 Å². The quantitative estimate of drug-likeness (QED) is 0.646. The predicted molar refractivity (Wildman–Crippen MR) is 83.4 cm³/mol. The van der Waals surface area contributed by atoms with Crippen LogP contribution in [0.2, 0.25) is 0 Å². The van der Waals surface area contributed by atoms with Crippen LogP contribution >= 0.6 is 38.6 Å². The lowest BCUT2D eigenvalue weighted by Crippen LogP contribution is -2.33. The zero-order valence-corrected chi connectivity index (χ0v) is 12.9. The zero-order valence-electron chi connectivity index (χ0n) is 9.73. The van der Waals surface area contributed by atoms with Gasteiger partial charge in [-0.2, -0.15) is 0 Å². The molecule has 0 saturated carbocycles. The molecule has 0 spiro atoms. The Hall–Kier alpha value is -0.850. The van der Waals surface area contributed by atoms with Crippen LogP contribution < -0.4 is 11.1 Å². The number of nitrogens with zero attached hydrogens (tertiary/aromatic N) is 1. The summed E-state index contributed by atoms with van der Waals surface area (Å²) in [5.41, 5.74) is 6.98. The molecule has 2 rings (SSSR count). The van der Waals surface area contributed by atoms with E-state index in [2.05, 4.69) is 55.2 Å². The van der Waals surface area contributed by atoms with Crippen molar-refractivity contribution in [3.05, 3.63) is 43.2 Å². The minimum atomic E-state index is 0.508. The van der Waals surface area contributed by atoms with Gasteiger partial charge in [0.2, 0.25) is 0 Å². The smallest absolute Gasteiger partial charge is 0.188 e. The average molecular weight is 344 g/mol. The molecule has 3 nitrogen and oxygen atoms in total. The van der Waals surface area contributed by atoms with Gasteiger partial charge in [0, 0.05) is 11.4 Å². The molecule has 2 aromatic heterocycles. The van der Waals surface area contributed by atoms with E-state index in [0.717, 1.165) is 16.8 Å². The maximum absolute atomic E-state index is 5.80. The van der Waals surface area contributed by atoms with E-state index in [4.69, 9.17) is 5.73 Å². The number of guanidine groups is 1. The number of thiophene rings is 2. The Morgan fingerprint density at radius 1 is 1.44 bits per heavy atom. The normalized spacial score (nSPS) is 11.7. The number of nitrogens with two attached hydrogens (primary N) is 1. The van der Waals surface area contributed by atoms with Gasteiger partial charge in [-0.1, -0.05) is 6.07 Å². The summed E-state index contributed by atoms with van der Waals surface area (Å²) in [6.07, 6.45) is 0.984. The van der Waals surface area contributed by atoms with E-state index in [1.54, 1.807) is 22.7 Å². The maximum atomic E-state index is 5.80. The van der Waals surface area contributed by atoms with Crippen LogP contribution in [0.3, 0.4) is 0 Å². The summed E-state index contributed by atoms with van der Waals surface area (Å²) in [6, 6.07) is 6.25. The van der Waals surface area contributed by atoms with Crippen LogP contribution in [-0.2, 0) is 13.0 Å². The number of aliphatic imine (C=N–C) groups is 1. The number of hydrogen-bond acceptors (Lipinski definition) is 3. The van der Waals surface area contributed by atoms with Crippen LogP contribution in [0.4, 0.5) is 0 Å². The van der Waals surface area contributed by atoms with Gasteiger partial charge in [0.15, 0.2) is 5.96 Å². The summed E-state index contributed by atoms with van der Waals surface area (Å²) in [5.74, 6) is 0.508. The molecule has 0 amide bonds. The molecule has 3 N–H and O–H groups in total. The van der Waals surface area contributed by atoms with Crippen LogP contribution in [-0.4, -0.2) is 12.5 Å². The lowest BCUT2D eigenvalue weighted by atomic mass is 10.3. The Morgan fingerprint density at radius 3 is 3.00 bits per heavy atom. The fourth-order valence-corrected chi connectivity index (χ4v) is 3.34. The van der Waals surface area contributed by atoms with Gasteiger partial charge in [-0.25, -0.2) is 4.99 Å². The minimum Gasteiger partial charge on any atom is -0.370 e. The standard InChI is InChI=1S/C12H14BrN3S2/c13-11-6-9(8-18-11)7-16-12(14)15-4-3-10-2-1-5-17-10/h1-2,5-6,8H,3-4,7H2,(H3,14,15,16). The molecule has 18 heavy (non-hydrogen) atoms. The van der Waals surface area contributed by atoms with Gasteiger partial charge in [0.05, 0.1) is 10.3 Å². The molecular formula is C12H14BrN3S2. The van der Waals surface area contributed by atoms with E-state index >= 15 is 0 Å². The van der Waals surface area contributed by atoms with Gasteiger partial charge < -0.3 is 11.1 Å². The summed E-state index contributed by atoms with van der Waals surface area (Å²) in [7, 11) is 0. The van der Waals surface area contributed by atoms with Crippen molar-refractivity contribution in [3.63, 3.8) is 0 Å². The Morgan fingerprint density at radius 2 is 2.33 bits per heavy atom. The van der Waals surface area contributed by atoms with Gasteiger partial charge in [0.1, 0.15) is 0 Å². The molecule has 0 aliphatic rings. The molecule has 2 heterocycles. The third kappa shape index (κ3) is 4.44. The number of halogens is 1. The second-order valence-electron chi connectivity index (χ2n) is 3.72. The van der Waals surface area contributed by atoms with Gasteiger partial charge in [0.25, 0.3) is 0 Å². The SMILES string of the molecule is NC(=NCc1csc(Br)c1)NCCc1cccs1. The van der Waals surface area contributed by atoms with Gasteiger partial charge in [-0.3, -0.25) is 0 Å². The Bertz CT molecular complexity index is 505. The van der Waals surface area contributed by atoms with Crippen LogP contribution in [0, 0.1) is 0 Å². The van der Waals surface area contributed by atoms with Crippen molar-refractivity contribution < 1.29 is 0 Å². The first-order valence-corrected chi connectivity index (χ1v) is 8.08. The fourth-order valence-electron chi connectivity index (χ4n) is 1.43. The Kier molecular flexibility index (Phi) is 5.22. The van der Waals surface area contributed by atoms with Crippen molar-refractivity contribution >= 4 is 44.6 Å². The van der Waals surface area contributed by atoms with E-state index in [9.17, 15) is 0 Å². The predicted octanol–water partition coefficient (Wildman–Crippen LogP) is 3.22. The number of rotatable bonds is 5. The highest BCUT2D eigenvalue weighted by atomic mass is 79.9. The molecule has 0 bridgehead atoms. The molecule has 2 aromatic rings. The molecule has 96 valence electrons. The molecule has 0 aliphatic carbocycles. The Labute approximate surface area is 123 Å². The van der Waals surface area contributed by atoms with Crippen molar-refractivity contribution in [2.45, 2.75) is 13.0 Å². The summed E-state index contributed by atoms with van der Waals surface area (Å²) in [4.78, 5) is 5.66. The molecule has 0 saturated heterocycles. The second kappa shape index (κ2) is 6.92. The topological polar surface area (TPSA) is 50.4 Å². The molecular weight excluding hydrogens is 330 g/mol. The largest absolute Gasteiger partial charge is 0.370 e. The van der Waals surface area contributed by atoms with E-state index in [1.807, 2.05) is 0 Å². The second-order valence-corrected chi connectivity index (χ2v) is 7.04. The molecule has 0 radical (unpaired) electrons. The molecule has 0 unspecified atom stereocenters. The van der Waals surface area contributed by atoms with Crippen molar-refractivity contribution in [2.75, 3.05) is 6.54 Å². The van der Waals surface area contributed by atoms with Crippen LogP contribution in [0.5, 0.6) is 0 Å². The molecule has 6 heteroatoms. The zero-order chi connectivity index (χ0) is 12.8. The molecule has 0 aliphatic heterocycles. The van der Waals surface area contributed by atoms with Gasteiger partial charge >= 0.3 is 0 Å². The Balaban J connectivity index is 1.72.